The van der Waals surface area contributed by atoms with Crippen LogP contribution in [-0.2, 0) is 16.6 Å². The molecule has 1 aromatic rings. The Labute approximate surface area is 125 Å². The van der Waals surface area contributed by atoms with Gasteiger partial charge in [0, 0.05) is 18.0 Å². The predicted octanol–water partition coefficient (Wildman–Crippen LogP) is 2.83. The zero-order valence-electron chi connectivity index (χ0n) is 12.1. The first-order chi connectivity index (χ1) is 9.50. The molecule has 1 saturated carbocycles. The van der Waals surface area contributed by atoms with Crippen LogP contribution >= 0.6 is 11.3 Å². The maximum atomic E-state index is 12.6. The lowest BCUT2D eigenvalue weighted by Gasteiger charge is -2.33. The summed E-state index contributed by atoms with van der Waals surface area (Å²) in [6, 6.07) is 1.69. The van der Waals surface area contributed by atoms with Crippen LogP contribution < -0.4 is 0 Å². The van der Waals surface area contributed by atoms with E-state index in [9.17, 15) is 13.5 Å². The molecule has 2 rings (SSSR count). The summed E-state index contributed by atoms with van der Waals surface area (Å²) in [6.07, 6.45) is 5.27. The molecule has 0 saturated heterocycles. The molecular weight excluding hydrogens is 294 g/mol. The van der Waals surface area contributed by atoms with E-state index < -0.39 is 10.0 Å². The third-order valence-corrected chi connectivity index (χ3v) is 7.44. The topological polar surface area (TPSA) is 57.6 Å². The van der Waals surface area contributed by atoms with E-state index in [2.05, 4.69) is 6.92 Å². The van der Waals surface area contributed by atoms with Gasteiger partial charge in [0.15, 0.2) is 0 Å². The van der Waals surface area contributed by atoms with E-state index in [-0.39, 0.29) is 17.5 Å². The van der Waals surface area contributed by atoms with Crippen molar-refractivity contribution in [1.29, 1.82) is 0 Å². The minimum Gasteiger partial charge on any atom is -0.391 e. The number of thiophene rings is 1. The Balaban J connectivity index is 2.14. The maximum Gasteiger partial charge on any atom is 0.244 e. The number of rotatable bonds is 5. The summed E-state index contributed by atoms with van der Waals surface area (Å²) in [6.45, 7) is 1.98. The van der Waals surface area contributed by atoms with Gasteiger partial charge in [-0.15, -0.1) is 11.3 Å². The zero-order valence-corrected chi connectivity index (χ0v) is 13.7. The van der Waals surface area contributed by atoms with Crippen LogP contribution in [0.15, 0.2) is 16.3 Å². The van der Waals surface area contributed by atoms with Crippen molar-refractivity contribution in [3.05, 3.63) is 16.3 Å². The fourth-order valence-corrected chi connectivity index (χ4v) is 5.62. The molecule has 0 aliphatic heterocycles. The van der Waals surface area contributed by atoms with Crippen molar-refractivity contribution in [3.63, 3.8) is 0 Å². The van der Waals surface area contributed by atoms with Gasteiger partial charge < -0.3 is 5.11 Å². The Hall–Kier alpha value is -0.430. The summed E-state index contributed by atoms with van der Waals surface area (Å²) in [5.74, 6) is 0.747. The first kappa shape index (κ1) is 15.9. The molecule has 0 atom stereocenters. The first-order valence-electron chi connectivity index (χ1n) is 7.16. The number of aliphatic hydroxyl groups excluding tert-OH is 1. The van der Waals surface area contributed by atoms with Crippen molar-refractivity contribution in [2.75, 3.05) is 7.05 Å². The second-order valence-corrected chi connectivity index (χ2v) is 8.44. The Kier molecular flexibility index (Phi) is 5.23. The van der Waals surface area contributed by atoms with Gasteiger partial charge in [0.25, 0.3) is 0 Å². The van der Waals surface area contributed by atoms with Gasteiger partial charge in [-0.05, 0) is 43.0 Å². The normalized spacial score (nSPS) is 24.2. The summed E-state index contributed by atoms with van der Waals surface area (Å²) in [5, 5.41) is 11.0. The number of nitrogens with zero attached hydrogens (tertiary/aromatic N) is 1. The standard InChI is InChI=1S/C14H23NO3S2/c1-3-11-4-6-12(7-5-11)15(2)20(17,18)14-8-9-19-13(14)10-16/h8-9,11-12,16H,3-7,10H2,1-2H3. The second-order valence-electron chi connectivity index (χ2n) is 5.47. The molecule has 1 aromatic heterocycles. The number of sulfonamides is 1. The lowest BCUT2D eigenvalue weighted by molar-refractivity contribution is 0.232. The smallest absolute Gasteiger partial charge is 0.244 e. The molecule has 1 heterocycles. The highest BCUT2D eigenvalue weighted by Crippen LogP contribution is 2.33. The van der Waals surface area contributed by atoms with Gasteiger partial charge in [-0.1, -0.05) is 13.3 Å². The Morgan fingerprint density at radius 1 is 1.35 bits per heavy atom. The lowest BCUT2D eigenvalue weighted by Crippen LogP contribution is -2.39. The highest BCUT2D eigenvalue weighted by atomic mass is 32.2. The van der Waals surface area contributed by atoms with Gasteiger partial charge in [-0.25, -0.2) is 8.42 Å². The van der Waals surface area contributed by atoms with E-state index in [1.807, 2.05) is 0 Å². The lowest BCUT2D eigenvalue weighted by atomic mass is 9.85. The van der Waals surface area contributed by atoms with Crippen molar-refractivity contribution in [3.8, 4) is 0 Å². The molecule has 1 aliphatic carbocycles. The van der Waals surface area contributed by atoms with E-state index in [1.54, 1.807) is 18.5 Å². The van der Waals surface area contributed by atoms with E-state index in [1.165, 1.54) is 22.1 Å². The van der Waals surface area contributed by atoms with E-state index >= 15 is 0 Å². The van der Waals surface area contributed by atoms with Crippen LogP contribution in [0, 0.1) is 5.92 Å². The van der Waals surface area contributed by atoms with Crippen LogP contribution in [0.25, 0.3) is 0 Å². The molecule has 6 heteroatoms. The van der Waals surface area contributed by atoms with Crippen LogP contribution in [0.5, 0.6) is 0 Å². The molecule has 0 amide bonds. The molecule has 0 spiro atoms. The Bertz CT molecular complexity index is 530. The minimum atomic E-state index is -3.48. The highest BCUT2D eigenvalue weighted by molar-refractivity contribution is 7.89. The molecule has 0 bridgehead atoms. The van der Waals surface area contributed by atoms with Crippen LogP contribution in [0.3, 0.4) is 0 Å². The molecule has 0 aromatic carbocycles. The summed E-state index contributed by atoms with van der Waals surface area (Å²) in [4.78, 5) is 0.796. The average molecular weight is 317 g/mol. The first-order valence-corrected chi connectivity index (χ1v) is 9.48. The van der Waals surface area contributed by atoms with Crippen LogP contribution in [0.2, 0.25) is 0 Å². The van der Waals surface area contributed by atoms with E-state index in [0.29, 0.717) is 4.88 Å². The average Bonchev–Trinajstić information content (AvgIpc) is 2.95. The molecule has 4 nitrogen and oxygen atoms in total. The van der Waals surface area contributed by atoms with Gasteiger partial charge in [-0.2, -0.15) is 4.31 Å². The summed E-state index contributed by atoms with van der Waals surface area (Å²) < 4.78 is 26.8. The minimum absolute atomic E-state index is 0.0919. The Morgan fingerprint density at radius 2 is 2.00 bits per heavy atom. The second kappa shape index (κ2) is 6.56. The third-order valence-electron chi connectivity index (χ3n) is 4.41. The van der Waals surface area contributed by atoms with Crippen molar-refractivity contribution in [2.24, 2.45) is 5.92 Å². The summed E-state index contributed by atoms with van der Waals surface area (Å²) in [5.41, 5.74) is 0. The van der Waals surface area contributed by atoms with Crippen LogP contribution in [0.4, 0.5) is 0 Å². The van der Waals surface area contributed by atoms with Gasteiger partial charge in [0.1, 0.15) is 0 Å². The van der Waals surface area contributed by atoms with Crippen molar-refractivity contribution >= 4 is 21.4 Å². The zero-order chi connectivity index (χ0) is 14.8. The number of hydrogen-bond acceptors (Lipinski definition) is 4. The van der Waals surface area contributed by atoms with E-state index in [0.717, 1.165) is 31.6 Å². The number of hydrogen-bond donors (Lipinski definition) is 1. The maximum absolute atomic E-state index is 12.6. The van der Waals surface area contributed by atoms with Crippen molar-refractivity contribution in [1.82, 2.24) is 4.31 Å². The van der Waals surface area contributed by atoms with Gasteiger partial charge in [0.05, 0.1) is 11.5 Å². The van der Waals surface area contributed by atoms with Crippen molar-refractivity contribution in [2.45, 2.75) is 56.6 Å². The molecule has 114 valence electrons. The largest absolute Gasteiger partial charge is 0.391 e. The molecule has 1 aliphatic rings. The SMILES string of the molecule is CCC1CCC(N(C)S(=O)(=O)c2ccsc2CO)CC1. The fraction of sp³-hybridized carbons (Fsp3) is 0.714. The summed E-state index contributed by atoms with van der Waals surface area (Å²) >= 11 is 1.29. The van der Waals surface area contributed by atoms with Gasteiger partial charge in [-0.3, -0.25) is 0 Å². The molecular formula is C14H23NO3S2. The van der Waals surface area contributed by atoms with Gasteiger partial charge in [0.2, 0.25) is 10.0 Å². The monoisotopic (exact) mass is 317 g/mol. The molecule has 1 N–H and O–H groups in total. The fourth-order valence-electron chi connectivity index (χ4n) is 2.94. The third kappa shape index (κ3) is 3.08. The van der Waals surface area contributed by atoms with E-state index in [4.69, 9.17) is 0 Å². The van der Waals surface area contributed by atoms with Gasteiger partial charge >= 0.3 is 0 Å². The molecule has 1 fully saturated rings. The Morgan fingerprint density at radius 3 is 2.55 bits per heavy atom. The predicted molar refractivity (Wildman–Crippen MR) is 81.2 cm³/mol. The summed E-state index contributed by atoms with van der Waals surface area (Å²) in [7, 11) is -1.81. The highest BCUT2D eigenvalue weighted by Gasteiger charge is 2.32. The number of aliphatic hydroxyl groups is 1. The van der Waals surface area contributed by atoms with Crippen LogP contribution in [0.1, 0.15) is 43.9 Å². The van der Waals surface area contributed by atoms with Crippen molar-refractivity contribution < 1.29 is 13.5 Å². The molecule has 20 heavy (non-hydrogen) atoms. The molecule has 0 unspecified atom stereocenters. The molecule has 0 radical (unpaired) electrons. The quantitative estimate of drug-likeness (QED) is 0.908. The van der Waals surface area contributed by atoms with Crippen LogP contribution in [-0.4, -0.2) is 30.9 Å².